The Morgan fingerprint density at radius 2 is 1.94 bits per heavy atom. The van der Waals surface area contributed by atoms with Crippen molar-refractivity contribution in [3.05, 3.63) is 23.0 Å². The monoisotopic (exact) mass is 257 g/mol. The number of rotatable bonds is 3. The minimum Gasteiger partial charge on any atom is -0.480 e. The number of halogens is 1. The highest BCUT2D eigenvalue weighted by atomic mass is 35.5. The lowest BCUT2D eigenvalue weighted by Gasteiger charge is -2.31. The molecule has 0 saturated carbocycles. The fourth-order valence-electron chi connectivity index (χ4n) is 0.999. The van der Waals surface area contributed by atoms with Crippen molar-refractivity contribution >= 4 is 23.5 Å². The molecule has 1 heterocycles. The first-order valence-corrected chi connectivity index (χ1v) is 5.15. The minimum atomic E-state index is -1.32. The Labute approximate surface area is 103 Å². The summed E-state index contributed by atoms with van der Waals surface area (Å²) in [5, 5.41) is 16.3. The van der Waals surface area contributed by atoms with Crippen LogP contribution in [-0.4, -0.2) is 44.7 Å². The Hall–Kier alpha value is -1.69. The van der Waals surface area contributed by atoms with Crippen LogP contribution in [0, 0.1) is 0 Å². The molecule has 0 fully saturated rings. The van der Waals surface area contributed by atoms with Crippen LogP contribution in [0.2, 0.25) is 5.15 Å². The third kappa shape index (κ3) is 2.71. The van der Waals surface area contributed by atoms with E-state index in [1.165, 1.54) is 33.0 Å². The first-order valence-electron chi connectivity index (χ1n) is 4.77. The second kappa shape index (κ2) is 4.67. The summed E-state index contributed by atoms with van der Waals surface area (Å²) in [6.45, 7) is 2.85. The van der Waals surface area contributed by atoms with Crippen LogP contribution < -0.4 is 0 Å². The first-order chi connectivity index (χ1) is 7.76. The van der Waals surface area contributed by atoms with Crippen molar-refractivity contribution in [1.82, 2.24) is 15.1 Å². The van der Waals surface area contributed by atoms with Gasteiger partial charge < -0.3 is 10.0 Å². The summed E-state index contributed by atoms with van der Waals surface area (Å²) < 4.78 is 0. The van der Waals surface area contributed by atoms with E-state index in [1.807, 2.05) is 0 Å². The summed E-state index contributed by atoms with van der Waals surface area (Å²) in [4.78, 5) is 24.0. The molecule has 0 bridgehead atoms. The van der Waals surface area contributed by atoms with Gasteiger partial charge in [0.05, 0.1) is 0 Å². The molecule has 0 aliphatic rings. The van der Waals surface area contributed by atoms with Crippen LogP contribution in [0.25, 0.3) is 0 Å². The van der Waals surface area contributed by atoms with Gasteiger partial charge in [-0.25, -0.2) is 4.79 Å². The van der Waals surface area contributed by atoms with Gasteiger partial charge in [0.1, 0.15) is 5.54 Å². The maximum Gasteiger partial charge on any atom is 0.329 e. The number of hydrogen-bond donors (Lipinski definition) is 1. The molecular weight excluding hydrogens is 246 g/mol. The standard InChI is InChI=1S/C10H12ClN3O3/c1-10(2,9(16)17)14(3)8(15)6-4-5-7(11)13-12-6/h4-5H,1-3H3,(H,16,17). The molecular formula is C10H12ClN3O3. The lowest BCUT2D eigenvalue weighted by atomic mass is 10.0. The molecule has 0 spiro atoms. The van der Waals surface area contributed by atoms with Crippen LogP contribution in [0.15, 0.2) is 12.1 Å². The Bertz CT molecular complexity index is 445. The fraction of sp³-hybridized carbons (Fsp3) is 0.400. The Morgan fingerprint density at radius 3 is 2.35 bits per heavy atom. The van der Waals surface area contributed by atoms with Gasteiger partial charge >= 0.3 is 5.97 Å². The zero-order chi connectivity index (χ0) is 13.2. The topological polar surface area (TPSA) is 83.4 Å². The number of aliphatic carboxylic acids is 1. The van der Waals surface area contributed by atoms with Gasteiger partial charge in [-0.3, -0.25) is 4.79 Å². The van der Waals surface area contributed by atoms with Gasteiger partial charge in [0, 0.05) is 7.05 Å². The minimum absolute atomic E-state index is 0.0474. The number of carbonyl (C=O) groups is 2. The van der Waals surface area contributed by atoms with Gasteiger partial charge in [-0.05, 0) is 26.0 Å². The Kier molecular flexibility index (Phi) is 3.67. The highest BCUT2D eigenvalue weighted by molar-refractivity contribution is 6.29. The van der Waals surface area contributed by atoms with Crippen molar-refractivity contribution < 1.29 is 14.7 Å². The summed E-state index contributed by atoms with van der Waals surface area (Å²) in [7, 11) is 1.40. The van der Waals surface area contributed by atoms with Crippen LogP contribution >= 0.6 is 11.6 Å². The van der Waals surface area contributed by atoms with Crippen molar-refractivity contribution in [2.75, 3.05) is 7.05 Å². The lowest BCUT2D eigenvalue weighted by molar-refractivity contribution is -0.147. The van der Waals surface area contributed by atoms with E-state index in [4.69, 9.17) is 16.7 Å². The average molecular weight is 258 g/mol. The smallest absolute Gasteiger partial charge is 0.329 e. The van der Waals surface area contributed by atoms with E-state index in [-0.39, 0.29) is 10.8 Å². The van der Waals surface area contributed by atoms with Crippen LogP contribution in [0.4, 0.5) is 0 Å². The number of carboxylic acids is 1. The van der Waals surface area contributed by atoms with Crippen LogP contribution in [-0.2, 0) is 4.79 Å². The quantitative estimate of drug-likeness (QED) is 0.876. The lowest BCUT2D eigenvalue weighted by Crippen LogP contribution is -2.51. The maximum absolute atomic E-state index is 11.9. The number of hydrogen-bond acceptors (Lipinski definition) is 4. The molecule has 0 saturated heterocycles. The van der Waals surface area contributed by atoms with Gasteiger partial charge in [-0.2, -0.15) is 0 Å². The number of likely N-dealkylation sites (N-methyl/N-ethyl adjacent to an activating group) is 1. The third-order valence-electron chi connectivity index (χ3n) is 2.52. The summed E-state index contributed by atoms with van der Waals surface area (Å²) in [5.74, 6) is -1.63. The number of carboxylic acid groups (broad SMARTS) is 1. The molecule has 6 nitrogen and oxygen atoms in total. The summed E-state index contributed by atoms with van der Waals surface area (Å²) in [6, 6.07) is 2.81. The highest BCUT2D eigenvalue weighted by Crippen LogP contribution is 2.15. The van der Waals surface area contributed by atoms with Gasteiger partial charge in [-0.15, -0.1) is 10.2 Å². The number of amides is 1. The number of aromatic nitrogens is 2. The van der Waals surface area contributed by atoms with Crippen LogP contribution in [0.1, 0.15) is 24.3 Å². The van der Waals surface area contributed by atoms with E-state index in [9.17, 15) is 9.59 Å². The predicted octanol–water partition coefficient (Wildman–Crippen LogP) is 1.07. The van der Waals surface area contributed by atoms with E-state index in [2.05, 4.69) is 10.2 Å². The SMILES string of the molecule is CN(C(=O)c1ccc(Cl)nn1)C(C)(C)C(=O)O. The Morgan fingerprint density at radius 1 is 1.35 bits per heavy atom. The normalized spacial score (nSPS) is 11.1. The van der Waals surface area contributed by atoms with Gasteiger partial charge in [0.2, 0.25) is 0 Å². The van der Waals surface area contributed by atoms with Gasteiger partial charge in [0.25, 0.3) is 5.91 Å². The summed E-state index contributed by atoms with van der Waals surface area (Å²) in [6.07, 6.45) is 0. The predicted molar refractivity (Wildman–Crippen MR) is 60.9 cm³/mol. The molecule has 0 aromatic carbocycles. The Balaban J connectivity index is 2.98. The zero-order valence-corrected chi connectivity index (χ0v) is 10.4. The van der Waals surface area contributed by atoms with Gasteiger partial charge in [0.15, 0.2) is 10.8 Å². The second-order valence-electron chi connectivity index (χ2n) is 3.97. The van der Waals surface area contributed by atoms with Crippen molar-refractivity contribution in [1.29, 1.82) is 0 Å². The molecule has 17 heavy (non-hydrogen) atoms. The molecule has 1 amide bonds. The molecule has 0 aliphatic heterocycles. The molecule has 92 valence electrons. The summed E-state index contributed by atoms with van der Waals surface area (Å²) in [5.41, 5.74) is -1.27. The van der Waals surface area contributed by atoms with E-state index >= 15 is 0 Å². The molecule has 1 N–H and O–H groups in total. The number of nitrogens with zero attached hydrogens (tertiary/aromatic N) is 3. The number of carbonyl (C=O) groups excluding carboxylic acids is 1. The molecule has 1 rings (SSSR count). The molecule has 1 aromatic rings. The molecule has 0 radical (unpaired) electrons. The molecule has 7 heteroatoms. The van der Waals surface area contributed by atoms with E-state index in [1.54, 1.807) is 0 Å². The van der Waals surface area contributed by atoms with Crippen molar-refractivity contribution in [2.45, 2.75) is 19.4 Å². The van der Waals surface area contributed by atoms with Gasteiger partial charge in [-0.1, -0.05) is 11.6 Å². The van der Waals surface area contributed by atoms with Crippen molar-refractivity contribution in [3.8, 4) is 0 Å². The largest absolute Gasteiger partial charge is 0.480 e. The molecule has 1 aromatic heterocycles. The highest BCUT2D eigenvalue weighted by Gasteiger charge is 2.36. The summed E-state index contributed by atoms with van der Waals surface area (Å²) >= 11 is 5.54. The second-order valence-corrected chi connectivity index (χ2v) is 4.36. The van der Waals surface area contributed by atoms with Crippen LogP contribution in [0.5, 0.6) is 0 Å². The maximum atomic E-state index is 11.9. The molecule has 0 aliphatic carbocycles. The van der Waals surface area contributed by atoms with Crippen LogP contribution in [0.3, 0.4) is 0 Å². The molecule has 0 atom stereocenters. The fourth-order valence-corrected chi connectivity index (χ4v) is 1.10. The molecule has 0 unspecified atom stereocenters. The van der Waals surface area contributed by atoms with E-state index in [0.717, 1.165) is 4.90 Å². The average Bonchev–Trinajstić information content (AvgIpc) is 2.27. The van der Waals surface area contributed by atoms with E-state index in [0.29, 0.717) is 0 Å². The zero-order valence-electron chi connectivity index (χ0n) is 9.64. The first kappa shape index (κ1) is 13.4. The van der Waals surface area contributed by atoms with Crippen molar-refractivity contribution in [3.63, 3.8) is 0 Å². The van der Waals surface area contributed by atoms with E-state index < -0.39 is 17.4 Å². The van der Waals surface area contributed by atoms with Crippen molar-refractivity contribution in [2.24, 2.45) is 0 Å². The third-order valence-corrected chi connectivity index (χ3v) is 2.72.